The van der Waals surface area contributed by atoms with E-state index in [1.165, 1.54) is 29.4 Å². The normalized spacial score (nSPS) is 22.3. The fourth-order valence-corrected chi connectivity index (χ4v) is 4.99. The molecule has 0 radical (unpaired) electrons. The molecule has 2 fully saturated rings. The standard InChI is InChI=1S/C16H21FN2O3S/c1-12(20)18(13-8-9-13)11-14-5-4-10-19(14)23(21,22)16-7-3-2-6-15(16)17/h2-3,6-7,13-14H,4-5,8-11H2,1H3/t14-/m1/s1. The Balaban J connectivity index is 1.83. The van der Waals surface area contributed by atoms with E-state index in [0.717, 1.165) is 25.3 Å². The first-order valence-electron chi connectivity index (χ1n) is 7.95. The Bertz CT molecular complexity index is 703. The molecule has 1 aliphatic carbocycles. The second kappa shape index (κ2) is 6.20. The van der Waals surface area contributed by atoms with Crippen LogP contribution >= 0.6 is 0 Å². The monoisotopic (exact) mass is 340 g/mol. The highest BCUT2D eigenvalue weighted by molar-refractivity contribution is 7.89. The Labute approximate surface area is 136 Å². The van der Waals surface area contributed by atoms with E-state index in [9.17, 15) is 17.6 Å². The summed E-state index contributed by atoms with van der Waals surface area (Å²) < 4.78 is 40.9. The van der Waals surface area contributed by atoms with Crippen LogP contribution in [0.3, 0.4) is 0 Å². The Morgan fingerprint density at radius 1 is 1.30 bits per heavy atom. The molecule has 7 heteroatoms. The number of benzene rings is 1. The summed E-state index contributed by atoms with van der Waals surface area (Å²) in [5.41, 5.74) is 0. The van der Waals surface area contributed by atoms with E-state index in [1.54, 1.807) is 4.90 Å². The molecule has 1 saturated carbocycles. The lowest BCUT2D eigenvalue weighted by Gasteiger charge is -2.30. The van der Waals surface area contributed by atoms with Gasteiger partial charge in [0, 0.05) is 32.1 Å². The highest BCUT2D eigenvalue weighted by Crippen LogP contribution is 2.32. The van der Waals surface area contributed by atoms with Crippen molar-refractivity contribution in [3.63, 3.8) is 0 Å². The molecule has 1 atom stereocenters. The van der Waals surface area contributed by atoms with Gasteiger partial charge in [0.2, 0.25) is 15.9 Å². The molecule has 1 heterocycles. The lowest BCUT2D eigenvalue weighted by molar-refractivity contribution is -0.129. The van der Waals surface area contributed by atoms with E-state index in [2.05, 4.69) is 0 Å². The summed E-state index contributed by atoms with van der Waals surface area (Å²) >= 11 is 0. The number of nitrogens with zero attached hydrogens (tertiary/aromatic N) is 2. The molecule has 23 heavy (non-hydrogen) atoms. The Kier molecular flexibility index (Phi) is 4.42. The van der Waals surface area contributed by atoms with Crippen molar-refractivity contribution in [1.29, 1.82) is 0 Å². The SMILES string of the molecule is CC(=O)N(C[C@H]1CCCN1S(=O)(=O)c1ccccc1F)C1CC1. The van der Waals surface area contributed by atoms with Gasteiger partial charge in [-0.15, -0.1) is 0 Å². The summed E-state index contributed by atoms with van der Waals surface area (Å²) in [6.45, 7) is 2.29. The summed E-state index contributed by atoms with van der Waals surface area (Å²) in [6, 6.07) is 5.41. The van der Waals surface area contributed by atoms with Crippen molar-refractivity contribution >= 4 is 15.9 Å². The summed E-state index contributed by atoms with van der Waals surface area (Å²) in [6.07, 6.45) is 3.39. The maximum atomic E-state index is 13.9. The number of amides is 1. The van der Waals surface area contributed by atoms with Gasteiger partial charge in [0.1, 0.15) is 10.7 Å². The third-order valence-corrected chi connectivity index (χ3v) is 6.53. The van der Waals surface area contributed by atoms with Crippen LogP contribution in [0.15, 0.2) is 29.2 Å². The summed E-state index contributed by atoms with van der Waals surface area (Å²) in [5, 5.41) is 0. The second-order valence-electron chi connectivity index (χ2n) is 6.24. The number of carbonyl (C=O) groups excluding carboxylic acids is 1. The van der Waals surface area contributed by atoms with Crippen molar-refractivity contribution in [2.45, 2.75) is 49.6 Å². The van der Waals surface area contributed by atoms with Crippen LogP contribution in [-0.2, 0) is 14.8 Å². The largest absolute Gasteiger partial charge is 0.338 e. The van der Waals surface area contributed by atoms with Crippen molar-refractivity contribution in [2.24, 2.45) is 0 Å². The number of halogens is 1. The number of sulfonamides is 1. The fraction of sp³-hybridized carbons (Fsp3) is 0.562. The molecule has 1 aromatic carbocycles. The van der Waals surface area contributed by atoms with E-state index in [-0.39, 0.29) is 22.9 Å². The Morgan fingerprint density at radius 3 is 2.61 bits per heavy atom. The predicted molar refractivity (Wildman–Crippen MR) is 83.7 cm³/mol. The van der Waals surface area contributed by atoms with Crippen LogP contribution in [0.2, 0.25) is 0 Å². The van der Waals surface area contributed by atoms with E-state index in [4.69, 9.17) is 0 Å². The van der Waals surface area contributed by atoms with Gasteiger partial charge in [0.25, 0.3) is 0 Å². The zero-order valence-corrected chi connectivity index (χ0v) is 13.9. The van der Waals surface area contributed by atoms with E-state index < -0.39 is 15.8 Å². The average molecular weight is 340 g/mol. The molecular weight excluding hydrogens is 319 g/mol. The summed E-state index contributed by atoms with van der Waals surface area (Å²) in [7, 11) is -3.87. The molecule has 0 unspecified atom stereocenters. The van der Waals surface area contributed by atoms with Crippen molar-refractivity contribution in [1.82, 2.24) is 9.21 Å². The molecule has 3 rings (SSSR count). The molecule has 1 saturated heterocycles. The van der Waals surface area contributed by atoms with Crippen LogP contribution in [0.5, 0.6) is 0 Å². The van der Waals surface area contributed by atoms with Crippen molar-refractivity contribution in [3.8, 4) is 0 Å². The first-order valence-corrected chi connectivity index (χ1v) is 9.39. The third kappa shape index (κ3) is 3.26. The summed E-state index contributed by atoms with van der Waals surface area (Å²) in [5.74, 6) is -0.758. The van der Waals surface area contributed by atoms with Crippen molar-refractivity contribution in [2.75, 3.05) is 13.1 Å². The van der Waals surface area contributed by atoms with Gasteiger partial charge in [0.15, 0.2) is 0 Å². The first-order chi connectivity index (χ1) is 10.9. The smallest absolute Gasteiger partial charge is 0.246 e. The van der Waals surface area contributed by atoms with E-state index in [0.29, 0.717) is 19.5 Å². The van der Waals surface area contributed by atoms with Crippen LogP contribution in [0.1, 0.15) is 32.6 Å². The Morgan fingerprint density at radius 2 is 2.00 bits per heavy atom. The predicted octanol–water partition coefficient (Wildman–Crippen LogP) is 1.99. The van der Waals surface area contributed by atoms with Crippen LogP contribution in [-0.4, -0.2) is 48.7 Å². The third-order valence-electron chi connectivity index (χ3n) is 4.55. The lowest BCUT2D eigenvalue weighted by Crippen LogP contribution is -2.45. The molecule has 0 spiro atoms. The minimum absolute atomic E-state index is 0.0253. The van der Waals surface area contributed by atoms with Crippen LogP contribution in [0.4, 0.5) is 4.39 Å². The van der Waals surface area contributed by atoms with E-state index in [1.807, 2.05) is 0 Å². The molecule has 1 aliphatic heterocycles. The number of carbonyl (C=O) groups is 1. The molecule has 0 aromatic heterocycles. The number of hydrogen-bond donors (Lipinski definition) is 0. The van der Waals surface area contributed by atoms with Gasteiger partial charge in [-0.25, -0.2) is 12.8 Å². The highest BCUT2D eigenvalue weighted by Gasteiger charge is 2.40. The first kappa shape index (κ1) is 16.4. The second-order valence-corrected chi connectivity index (χ2v) is 8.10. The molecule has 0 bridgehead atoms. The van der Waals surface area contributed by atoms with Crippen LogP contribution in [0.25, 0.3) is 0 Å². The van der Waals surface area contributed by atoms with Gasteiger partial charge in [-0.3, -0.25) is 4.79 Å². The number of rotatable bonds is 5. The molecular formula is C16H21FN2O3S. The molecule has 1 amide bonds. The maximum absolute atomic E-state index is 13.9. The zero-order valence-electron chi connectivity index (χ0n) is 13.1. The maximum Gasteiger partial charge on any atom is 0.246 e. The minimum atomic E-state index is -3.87. The van der Waals surface area contributed by atoms with Gasteiger partial charge in [-0.1, -0.05) is 12.1 Å². The fourth-order valence-electron chi connectivity index (χ4n) is 3.24. The highest BCUT2D eigenvalue weighted by atomic mass is 32.2. The topological polar surface area (TPSA) is 57.7 Å². The molecule has 2 aliphatic rings. The molecule has 0 N–H and O–H groups in total. The lowest BCUT2D eigenvalue weighted by atomic mass is 10.2. The van der Waals surface area contributed by atoms with Crippen molar-refractivity contribution in [3.05, 3.63) is 30.1 Å². The summed E-state index contributed by atoms with van der Waals surface area (Å²) in [4.78, 5) is 13.3. The minimum Gasteiger partial charge on any atom is -0.338 e. The number of hydrogen-bond acceptors (Lipinski definition) is 3. The van der Waals surface area contributed by atoms with Crippen LogP contribution < -0.4 is 0 Å². The molecule has 1 aromatic rings. The van der Waals surface area contributed by atoms with Crippen molar-refractivity contribution < 1.29 is 17.6 Å². The van der Waals surface area contributed by atoms with Gasteiger partial charge in [-0.05, 0) is 37.8 Å². The van der Waals surface area contributed by atoms with Gasteiger partial charge >= 0.3 is 0 Å². The van der Waals surface area contributed by atoms with Gasteiger partial charge in [-0.2, -0.15) is 4.31 Å². The quantitative estimate of drug-likeness (QED) is 0.824. The van der Waals surface area contributed by atoms with E-state index >= 15 is 0 Å². The molecule has 126 valence electrons. The van der Waals surface area contributed by atoms with Gasteiger partial charge in [0.05, 0.1) is 0 Å². The molecule has 5 nitrogen and oxygen atoms in total. The van der Waals surface area contributed by atoms with Crippen LogP contribution in [0, 0.1) is 5.82 Å². The Hall–Kier alpha value is -1.47. The van der Waals surface area contributed by atoms with Gasteiger partial charge < -0.3 is 4.90 Å². The average Bonchev–Trinajstić information content (AvgIpc) is 3.22. The zero-order chi connectivity index (χ0) is 16.6.